The maximum absolute atomic E-state index is 5.41. The zero-order valence-electron chi connectivity index (χ0n) is 4.44. The van der Waals surface area contributed by atoms with Crippen LogP contribution in [0.5, 0.6) is 0 Å². The van der Waals surface area contributed by atoms with E-state index in [0.717, 1.165) is 7.27 Å². The van der Waals surface area contributed by atoms with Gasteiger partial charge in [-0.15, -0.1) is 0 Å². The Morgan fingerprint density at radius 2 is 2.00 bits per heavy atom. The highest BCUT2D eigenvalue weighted by atomic mass is 127. The Bertz CT molecular complexity index is 224. The number of nitrogen functional groups attached to an aromatic ring is 1. The Morgan fingerprint density at radius 3 is 2.44 bits per heavy atom. The molecule has 0 fully saturated rings. The molecule has 0 atom stereocenters. The van der Waals surface area contributed by atoms with Gasteiger partial charge in [0.25, 0.3) is 0 Å². The summed E-state index contributed by atoms with van der Waals surface area (Å²) in [5, 5.41) is 0. The monoisotopic (exact) mass is 346 g/mol. The average Bonchev–Trinajstić information content (AvgIpc) is 1.80. The minimum atomic E-state index is 0.583. The molecule has 0 aliphatic carbocycles. The molecule has 0 saturated carbocycles. The van der Waals surface area contributed by atoms with Crippen molar-refractivity contribution in [1.29, 1.82) is 0 Å². The van der Waals surface area contributed by atoms with Crippen LogP contribution in [0.1, 0.15) is 0 Å². The van der Waals surface area contributed by atoms with Crippen LogP contribution in [0.2, 0.25) is 0 Å². The number of anilines is 1. The van der Waals surface area contributed by atoms with E-state index in [2.05, 4.69) is 50.2 Å². The first kappa shape index (κ1) is 7.52. The Balaban J connectivity index is 3.17. The van der Waals surface area contributed by atoms with Crippen LogP contribution in [0.3, 0.4) is 0 Å². The second kappa shape index (κ2) is 3.00. The molecule has 0 unspecified atom stereocenters. The minimum absolute atomic E-state index is 0.583. The highest BCUT2D eigenvalue weighted by Crippen LogP contribution is 2.12. The Hall–Kier alpha value is 0.410. The molecule has 0 saturated heterocycles. The first-order chi connectivity index (χ1) is 4.20. The molecule has 2 N–H and O–H groups in total. The Kier molecular flexibility index (Phi) is 2.50. The summed E-state index contributed by atoms with van der Waals surface area (Å²) in [5.41, 5.74) is 5.41. The smallest absolute Gasteiger partial charge is 0.124 e. The van der Waals surface area contributed by atoms with Crippen molar-refractivity contribution in [2.75, 3.05) is 5.73 Å². The van der Waals surface area contributed by atoms with Gasteiger partial charge in [-0.1, -0.05) is 0 Å². The van der Waals surface area contributed by atoms with Gasteiger partial charge in [0.2, 0.25) is 0 Å². The molecule has 48 valence electrons. The van der Waals surface area contributed by atoms with Crippen molar-refractivity contribution >= 4 is 51.0 Å². The Labute approximate surface area is 80.5 Å². The van der Waals surface area contributed by atoms with Crippen LogP contribution in [-0.2, 0) is 0 Å². The summed E-state index contributed by atoms with van der Waals surface area (Å²) in [4.78, 5) is 4.03. The lowest BCUT2D eigenvalue weighted by Crippen LogP contribution is -1.92. The molecular formula is C5H4I2N2. The second-order valence-electron chi connectivity index (χ2n) is 1.51. The van der Waals surface area contributed by atoms with Crippen molar-refractivity contribution in [3.63, 3.8) is 0 Å². The van der Waals surface area contributed by atoms with Gasteiger partial charge in [-0.3, -0.25) is 0 Å². The Morgan fingerprint density at radius 1 is 1.33 bits per heavy atom. The van der Waals surface area contributed by atoms with Crippen molar-refractivity contribution in [2.45, 2.75) is 0 Å². The molecule has 2 nitrogen and oxygen atoms in total. The molecule has 1 rings (SSSR count). The molecule has 0 aromatic carbocycles. The van der Waals surface area contributed by atoms with E-state index >= 15 is 0 Å². The van der Waals surface area contributed by atoms with Crippen LogP contribution < -0.4 is 5.73 Å². The highest BCUT2D eigenvalue weighted by Gasteiger charge is 1.94. The lowest BCUT2D eigenvalue weighted by molar-refractivity contribution is 1.26. The van der Waals surface area contributed by atoms with Crippen LogP contribution in [0.4, 0.5) is 5.82 Å². The van der Waals surface area contributed by atoms with Crippen molar-refractivity contribution in [1.82, 2.24) is 4.98 Å². The molecule has 0 radical (unpaired) electrons. The van der Waals surface area contributed by atoms with Crippen molar-refractivity contribution in [2.24, 2.45) is 0 Å². The lowest BCUT2D eigenvalue weighted by Gasteiger charge is -1.94. The maximum Gasteiger partial charge on any atom is 0.124 e. The van der Waals surface area contributed by atoms with Gasteiger partial charge >= 0.3 is 0 Å². The topological polar surface area (TPSA) is 38.9 Å². The van der Waals surface area contributed by atoms with Gasteiger partial charge in [0.15, 0.2) is 0 Å². The number of nitrogens with zero attached hydrogens (tertiary/aromatic N) is 1. The first-order valence-corrected chi connectivity index (χ1v) is 4.43. The number of halogens is 2. The number of rotatable bonds is 0. The average molecular weight is 346 g/mol. The van der Waals surface area contributed by atoms with Crippen LogP contribution in [0, 0.1) is 7.27 Å². The predicted octanol–water partition coefficient (Wildman–Crippen LogP) is 1.87. The largest absolute Gasteiger partial charge is 0.384 e. The molecule has 0 aliphatic rings. The lowest BCUT2D eigenvalue weighted by atomic mass is 10.5. The zero-order chi connectivity index (χ0) is 6.85. The van der Waals surface area contributed by atoms with Gasteiger partial charge in [-0.25, -0.2) is 4.98 Å². The van der Waals surface area contributed by atoms with Crippen LogP contribution >= 0.6 is 45.2 Å². The molecule has 0 amide bonds. The van der Waals surface area contributed by atoms with E-state index < -0.39 is 0 Å². The summed E-state index contributed by atoms with van der Waals surface area (Å²) in [5.74, 6) is 0.583. The fourth-order valence-corrected chi connectivity index (χ4v) is 1.19. The van der Waals surface area contributed by atoms with E-state index in [1.165, 1.54) is 0 Å². The maximum atomic E-state index is 5.41. The summed E-state index contributed by atoms with van der Waals surface area (Å²) in [6, 6.07) is 3.74. The molecule has 1 heterocycles. The van der Waals surface area contributed by atoms with Crippen molar-refractivity contribution < 1.29 is 0 Å². The third-order valence-electron chi connectivity index (χ3n) is 0.825. The summed E-state index contributed by atoms with van der Waals surface area (Å²) in [6.45, 7) is 0. The van der Waals surface area contributed by atoms with E-state index in [4.69, 9.17) is 5.73 Å². The molecule has 4 heteroatoms. The van der Waals surface area contributed by atoms with Gasteiger partial charge < -0.3 is 5.73 Å². The normalized spacial score (nSPS) is 9.56. The van der Waals surface area contributed by atoms with Gasteiger partial charge in [0, 0.05) is 3.57 Å². The zero-order valence-corrected chi connectivity index (χ0v) is 8.75. The van der Waals surface area contributed by atoms with Crippen LogP contribution in [-0.4, -0.2) is 4.98 Å². The predicted molar refractivity (Wildman–Crippen MR) is 54.1 cm³/mol. The molecule has 1 aromatic rings. The molecule has 9 heavy (non-hydrogen) atoms. The summed E-state index contributed by atoms with van der Waals surface area (Å²) < 4.78 is 2.11. The summed E-state index contributed by atoms with van der Waals surface area (Å²) >= 11 is 4.37. The third kappa shape index (κ3) is 1.92. The number of pyridine rings is 1. The van der Waals surface area contributed by atoms with Crippen molar-refractivity contribution in [3.05, 3.63) is 19.4 Å². The highest BCUT2D eigenvalue weighted by molar-refractivity contribution is 14.1. The van der Waals surface area contributed by atoms with E-state index in [-0.39, 0.29) is 0 Å². The van der Waals surface area contributed by atoms with Gasteiger partial charge in [-0.2, -0.15) is 0 Å². The number of hydrogen-bond acceptors (Lipinski definition) is 2. The molecule has 0 spiro atoms. The molecular weight excluding hydrogens is 342 g/mol. The van der Waals surface area contributed by atoms with Crippen molar-refractivity contribution in [3.8, 4) is 0 Å². The second-order valence-corrected chi connectivity index (χ2v) is 3.69. The molecule has 0 bridgehead atoms. The standard InChI is InChI=1S/C5H4I2N2/c6-3-1-2-4(8)9-5(3)7/h1-2H,(H2,8,9). The van der Waals surface area contributed by atoms with Gasteiger partial charge in [0.05, 0.1) is 0 Å². The van der Waals surface area contributed by atoms with Gasteiger partial charge in [-0.05, 0) is 57.3 Å². The van der Waals surface area contributed by atoms with Crippen LogP contribution in [0.25, 0.3) is 0 Å². The van der Waals surface area contributed by atoms with E-state index in [0.29, 0.717) is 5.82 Å². The minimum Gasteiger partial charge on any atom is -0.384 e. The van der Waals surface area contributed by atoms with E-state index in [1.54, 1.807) is 6.07 Å². The number of aromatic nitrogens is 1. The third-order valence-corrected chi connectivity index (χ3v) is 3.55. The summed E-state index contributed by atoms with van der Waals surface area (Å²) in [7, 11) is 0. The van der Waals surface area contributed by atoms with E-state index in [1.807, 2.05) is 6.07 Å². The van der Waals surface area contributed by atoms with Crippen LogP contribution in [0.15, 0.2) is 12.1 Å². The molecule has 1 aromatic heterocycles. The fraction of sp³-hybridized carbons (Fsp3) is 0. The quantitative estimate of drug-likeness (QED) is 0.576. The van der Waals surface area contributed by atoms with Gasteiger partial charge in [0.1, 0.15) is 9.52 Å². The SMILES string of the molecule is Nc1ccc(I)c(I)n1. The van der Waals surface area contributed by atoms with E-state index in [9.17, 15) is 0 Å². The summed E-state index contributed by atoms with van der Waals surface area (Å²) in [6.07, 6.45) is 0. The number of nitrogens with two attached hydrogens (primary N) is 1. The number of hydrogen-bond donors (Lipinski definition) is 1. The fourth-order valence-electron chi connectivity index (χ4n) is 0.431. The molecule has 0 aliphatic heterocycles. The first-order valence-electron chi connectivity index (χ1n) is 2.27.